The van der Waals surface area contributed by atoms with Crippen molar-refractivity contribution >= 4 is 11.6 Å². The Morgan fingerprint density at radius 3 is 2.17 bits per heavy atom. The molecule has 0 aromatic rings. The minimum absolute atomic E-state index is 0.0679. The van der Waals surface area contributed by atoms with Gasteiger partial charge in [0.25, 0.3) is 0 Å². The average molecular weight is 172 g/mol. The molecule has 0 bridgehead atoms. The van der Waals surface area contributed by atoms with Crippen molar-refractivity contribution in [2.45, 2.75) is 39.0 Å². The predicted molar refractivity (Wildman–Crippen MR) is 45.9 cm³/mol. The molecule has 0 rings (SSSR count). The van der Waals surface area contributed by atoms with Crippen LogP contribution in [0.2, 0.25) is 0 Å². The summed E-state index contributed by atoms with van der Waals surface area (Å²) in [5, 5.41) is 8.42. The first-order chi connectivity index (χ1) is 5.66. The second-order valence-electron chi connectivity index (χ2n) is 2.92. The van der Waals surface area contributed by atoms with Gasteiger partial charge in [0.15, 0.2) is 0 Å². The van der Waals surface area contributed by atoms with Crippen LogP contribution in [0.3, 0.4) is 0 Å². The normalized spacial score (nSPS) is 9.83. The van der Waals surface area contributed by atoms with E-state index in [0.717, 1.165) is 0 Å². The van der Waals surface area contributed by atoms with Crippen LogP contribution in [0.25, 0.3) is 0 Å². The fourth-order valence-electron chi connectivity index (χ4n) is 0.936. The minimum atomic E-state index is 0.0679. The fraction of sp³-hybridized carbons (Fsp3) is 0.778. The number of ketones is 2. The van der Waals surface area contributed by atoms with Crippen LogP contribution in [-0.2, 0) is 9.59 Å². The molecule has 12 heavy (non-hydrogen) atoms. The standard InChI is InChI=1S/C9H16O3/c1-8(11)4-2-5-9(12)6-3-7-10/h10H,2-7H2,1H3. The molecule has 0 radical (unpaired) electrons. The van der Waals surface area contributed by atoms with Crippen molar-refractivity contribution in [1.82, 2.24) is 0 Å². The summed E-state index contributed by atoms with van der Waals surface area (Å²) in [7, 11) is 0. The first-order valence-corrected chi connectivity index (χ1v) is 4.29. The van der Waals surface area contributed by atoms with Gasteiger partial charge in [0, 0.05) is 25.9 Å². The first kappa shape index (κ1) is 11.3. The lowest BCUT2D eigenvalue weighted by Gasteiger charge is -1.97. The van der Waals surface area contributed by atoms with Crippen molar-refractivity contribution in [2.24, 2.45) is 0 Å². The van der Waals surface area contributed by atoms with Crippen LogP contribution in [0, 0.1) is 0 Å². The topological polar surface area (TPSA) is 54.4 Å². The van der Waals surface area contributed by atoms with Gasteiger partial charge in [-0.2, -0.15) is 0 Å². The molecule has 1 N–H and O–H groups in total. The molecule has 70 valence electrons. The Labute approximate surface area is 72.8 Å². The van der Waals surface area contributed by atoms with E-state index < -0.39 is 0 Å². The molecule has 0 amide bonds. The molecule has 0 saturated carbocycles. The van der Waals surface area contributed by atoms with E-state index in [1.54, 1.807) is 0 Å². The molecule has 0 aliphatic rings. The van der Waals surface area contributed by atoms with Gasteiger partial charge in [0.1, 0.15) is 11.6 Å². The van der Waals surface area contributed by atoms with E-state index in [-0.39, 0.29) is 18.2 Å². The Bertz CT molecular complexity index is 152. The number of rotatable bonds is 7. The fourth-order valence-corrected chi connectivity index (χ4v) is 0.936. The number of carbonyl (C=O) groups excluding carboxylic acids is 2. The second kappa shape index (κ2) is 6.98. The van der Waals surface area contributed by atoms with Gasteiger partial charge in [-0.25, -0.2) is 0 Å². The minimum Gasteiger partial charge on any atom is -0.396 e. The molecule has 0 aliphatic carbocycles. The van der Waals surface area contributed by atoms with Crippen LogP contribution in [0.5, 0.6) is 0 Å². The van der Waals surface area contributed by atoms with Crippen molar-refractivity contribution in [3.8, 4) is 0 Å². The molecular weight excluding hydrogens is 156 g/mol. The summed E-state index contributed by atoms with van der Waals surface area (Å²) in [6.45, 7) is 1.59. The molecule has 3 heteroatoms. The zero-order valence-electron chi connectivity index (χ0n) is 7.51. The van der Waals surface area contributed by atoms with Crippen LogP contribution < -0.4 is 0 Å². The number of Topliss-reactive ketones (excluding diaryl/α,β-unsaturated/α-hetero) is 2. The van der Waals surface area contributed by atoms with Crippen LogP contribution in [0.15, 0.2) is 0 Å². The molecule has 0 saturated heterocycles. The quantitative estimate of drug-likeness (QED) is 0.625. The van der Waals surface area contributed by atoms with E-state index in [4.69, 9.17) is 5.11 Å². The van der Waals surface area contributed by atoms with Gasteiger partial charge in [-0.3, -0.25) is 4.79 Å². The lowest BCUT2D eigenvalue weighted by Crippen LogP contribution is -2.00. The monoisotopic (exact) mass is 172 g/mol. The highest BCUT2D eigenvalue weighted by molar-refractivity contribution is 5.80. The van der Waals surface area contributed by atoms with Crippen LogP contribution in [0.4, 0.5) is 0 Å². The highest BCUT2D eigenvalue weighted by Crippen LogP contribution is 2.01. The smallest absolute Gasteiger partial charge is 0.133 e. The van der Waals surface area contributed by atoms with Gasteiger partial charge in [0.05, 0.1) is 0 Å². The summed E-state index contributed by atoms with van der Waals surface area (Å²) in [6, 6.07) is 0. The molecule has 0 aliphatic heterocycles. The number of hydrogen-bond acceptors (Lipinski definition) is 3. The van der Waals surface area contributed by atoms with Gasteiger partial charge in [0.2, 0.25) is 0 Å². The first-order valence-electron chi connectivity index (χ1n) is 4.29. The number of hydrogen-bond donors (Lipinski definition) is 1. The number of aliphatic hydroxyl groups is 1. The lowest BCUT2D eigenvalue weighted by atomic mass is 10.1. The Kier molecular flexibility index (Phi) is 6.57. The Morgan fingerprint density at radius 1 is 1.08 bits per heavy atom. The van der Waals surface area contributed by atoms with E-state index in [1.165, 1.54) is 6.92 Å². The van der Waals surface area contributed by atoms with E-state index in [9.17, 15) is 9.59 Å². The van der Waals surface area contributed by atoms with Crippen molar-refractivity contribution in [3.05, 3.63) is 0 Å². The van der Waals surface area contributed by atoms with E-state index in [2.05, 4.69) is 0 Å². The van der Waals surface area contributed by atoms with Gasteiger partial charge in [-0.05, 0) is 19.8 Å². The molecule has 0 aromatic carbocycles. The summed E-state index contributed by atoms with van der Waals surface area (Å²) in [4.78, 5) is 21.4. The molecule has 0 unspecified atom stereocenters. The van der Waals surface area contributed by atoms with E-state index in [0.29, 0.717) is 32.1 Å². The summed E-state index contributed by atoms with van der Waals surface area (Å²) in [5.74, 6) is 0.273. The maximum absolute atomic E-state index is 11.0. The van der Waals surface area contributed by atoms with Crippen LogP contribution >= 0.6 is 0 Å². The maximum atomic E-state index is 11.0. The van der Waals surface area contributed by atoms with Crippen molar-refractivity contribution in [1.29, 1.82) is 0 Å². The third-order valence-corrected chi connectivity index (χ3v) is 1.60. The van der Waals surface area contributed by atoms with Gasteiger partial charge in [-0.1, -0.05) is 0 Å². The summed E-state index contributed by atoms with van der Waals surface area (Å²) in [6.07, 6.45) is 2.59. The highest BCUT2D eigenvalue weighted by atomic mass is 16.3. The third-order valence-electron chi connectivity index (χ3n) is 1.60. The molecule has 0 aromatic heterocycles. The Morgan fingerprint density at radius 2 is 1.67 bits per heavy atom. The zero-order chi connectivity index (χ0) is 9.40. The van der Waals surface area contributed by atoms with Crippen LogP contribution in [-0.4, -0.2) is 23.3 Å². The van der Waals surface area contributed by atoms with Crippen molar-refractivity contribution in [3.63, 3.8) is 0 Å². The molecule has 0 fully saturated rings. The summed E-state index contributed by atoms with van der Waals surface area (Å²) in [5.41, 5.74) is 0. The predicted octanol–water partition coefficient (Wildman–Crippen LogP) is 1.09. The molecule has 0 spiro atoms. The largest absolute Gasteiger partial charge is 0.396 e. The number of aliphatic hydroxyl groups excluding tert-OH is 1. The Balaban J connectivity index is 3.25. The SMILES string of the molecule is CC(=O)CCCC(=O)CCCO. The Hall–Kier alpha value is -0.700. The molecule has 0 heterocycles. The third kappa shape index (κ3) is 7.41. The summed E-state index contributed by atoms with van der Waals surface area (Å²) < 4.78 is 0. The summed E-state index contributed by atoms with van der Waals surface area (Å²) >= 11 is 0. The molecule has 0 atom stereocenters. The molecular formula is C9H16O3. The van der Waals surface area contributed by atoms with E-state index >= 15 is 0 Å². The lowest BCUT2D eigenvalue weighted by molar-refractivity contribution is -0.119. The van der Waals surface area contributed by atoms with Gasteiger partial charge in [-0.15, -0.1) is 0 Å². The van der Waals surface area contributed by atoms with Crippen LogP contribution in [0.1, 0.15) is 39.0 Å². The number of carbonyl (C=O) groups is 2. The van der Waals surface area contributed by atoms with Gasteiger partial charge < -0.3 is 9.90 Å². The zero-order valence-corrected chi connectivity index (χ0v) is 7.51. The second-order valence-corrected chi connectivity index (χ2v) is 2.92. The average Bonchev–Trinajstić information content (AvgIpc) is 2.00. The highest BCUT2D eigenvalue weighted by Gasteiger charge is 2.01. The van der Waals surface area contributed by atoms with Gasteiger partial charge >= 0.3 is 0 Å². The van der Waals surface area contributed by atoms with E-state index in [1.807, 2.05) is 0 Å². The van der Waals surface area contributed by atoms with Crippen molar-refractivity contribution in [2.75, 3.05) is 6.61 Å². The molecule has 3 nitrogen and oxygen atoms in total. The van der Waals surface area contributed by atoms with Crippen molar-refractivity contribution < 1.29 is 14.7 Å². The maximum Gasteiger partial charge on any atom is 0.133 e.